The van der Waals surface area contributed by atoms with Crippen LogP contribution in [0.2, 0.25) is 10.0 Å². The lowest BCUT2D eigenvalue weighted by Gasteiger charge is -2.18. The molecule has 0 saturated heterocycles. The van der Waals surface area contributed by atoms with Gasteiger partial charge in [-0.1, -0.05) is 23.2 Å². The average Bonchev–Trinajstić information content (AvgIpc) is 3.17. The molecule has 3 aromatic carbocycles. The molecule has 0 saturated carbocycles. The molecule has 2 N–H and O–H groups in total. The minimum atomic E-state index is -0.557. The fourth-order valence-electron chi connectivity index (χ4n) is 3.30. The lowest BCUT2D eigenvalue weighted by molar-refractivity contribution is 0.102. The summed E-state index contributed by atoms with van der Waals surface area (Å²) in [5.41, 5.74) is 2.48. The van der Waals surface area contributed by atoms with Gasteiger partial charge >= 0.3 is 0 Å². The van der Waals surface area contributed by atoms with Gasteiger partial charge in [-0.25, -0.2) is 9.37 Å². The third-order valence-corrected chi connectivity index (χ3v) is 5.43. The van der Waals surface area contributed by atoms with Crippen molar-refractivity contribution >= 4 is 45.8 Å². The molecule has 0 fully saturated rings. The Morgan fingerprint density at radius 3 is 2.65 bits per heavy atom. The van der Waals surface area contributed by atoms with E-state index in [9.17, 15) is 9.18 Å². The minimum absolute atomic E-state index is 0.00533. The quantitative estimate of drug-likeness (QED) is 0.413. The third kappa shape index (κ3) is 3.78. The van der Waals surface area contributed by atoms with E-state index in [1.807, 2.05) is 0 Å². The molecule has 9 heteroatoms. The second-order valence-corrected chi connectivity index (χ2v) is 7.69. The number of aromatic amines is 1. The SMILES string of the molecule is O=C(Nc1ccc(Cl)c(-c2nc3cc(F)c(Cl)cc3[nH]2)c1)c1ccc2c(c1)OCCO2. The molecule has 0 atom stereocenters. The molecule has 4 aromatic rings. The van der Waals surface area contributed by atoms with Crippen LogP contribution in [0.1, 0.15) is 10.4 Å². The van der Waals surface area contributed by atoms with Crippen molar-refractivity contribution in [3.63, 3.8) is 0 Å². The number of nitrogens with zero attached hydrogens (tertiary/aromatic N) is 1. The van der Waals surface area contributed by atoms with Crippen LogP contribution < -0.4 is 14.8 Å². The van der Waals surface area contributed by atoms with Crippen LogP contribution in [0, 0.1) is 5.82 Å². The predicted molar refractivity (Wildman–Crippen MR) is 117 cm³/mol. The molecule has 0 unspecified atom stereocenters. The smallest absolute Gasteiger partial charge is 0.255 e. The Kier molecular flexibility index (Phi) is 4.92. The second-order valence-electron chi connectivity index (χ2n) is 6.88. The summed E-state index contributed by atoms with van der Waals surface area (Å²) in [5, 5.41) is 3.25. The number of hydrogen-bond acceptors (Lipinski definition) is 4. The molecule has 0 aliphatic carbocycles. The molecular weight excluding hydrogens is 444 g/mol. The highest BCUT2D eigenvalue weighted by molar-refractivity contribution is 6.33. The zero-order valence-electron chi connectivity index (χ0n) is 15.8. The van der Waals surface area contributed by atoms with Crippen LogP contribution in [0.5, 0.6) is 11.5 Å². The number of fused-ring (bicyclic) bond motifs is 2. The lowest BCUT2D eigenvalue weighted by Crippen LogP contribution is -2.17. The van der Waals surface area contributed by atoms with Crippen molar-refractivity contribution in [3.05, 3.63) is 70.0 Å². The maximum Gasteiger partial charge on any atom is 0.255 e. The monoisotopic (exact) mass is 457 g/mol. The Labute approximate surface area is 185 Å². The molecule has 31 heavy (non-hydrogen) atoms. The zero-order chi connectivity index (χ0) is 21.5. The van der Waals surface area contributed by atoms with Gasteiger partial charge in [0.2, 0.25) is 0 Å². The first-order chi connectivity index (χ1) is 15.0. The van der Waals surface area contributed by atoms with E-state index in [2.05, 4.69) is 15.3 Å². The Morgan fingerprint density at radius 2 is 1.81 bits per heavy atom. The van der Waals surface area contributed by atoms with E-state index in [4.69, 9.17) is 32.7 Å². The topological polar surface area (TPSA) is 76.2 Å². The van der Waals surface area contributed by atoms with Crippen molar-refractivity contribution in [2.75, 3.05) is 18.5 Å². The number of imidazole rings is 1. The van der Waals surface area contributed by atoms with E-state index in [-0.39, 0.29) is 10.9 Å². The number of ether oxygens (including phenoxy) is 2. The van der Waals surface area contributed by atoms with Gasteiger partial charge in [-0.15, -0.1) is 0 Å². The van der Waals surface area contributed by atoms with Crippen LogP contribution >= 0.6 is 23.2 Å². The van der Waals surface area contributed by atoms with Crippen molar-refractivity contribution in [2.24, 2.45) is 0 Å². The van der Waals surface area contributed by atoms with Gasteiger partial charge in [0, 0.05) is 22.9 Å². The standard InChI is InChI=1S/C22H14Cl2FN3O3/c23-14-3-2-12(26-22(29)11-1-4-19-20(7-11)31-6-5-30-19)8-13(14)21-27-17-9-15(24)16(25)10-18(17)28-21/h1-4,7-10H,5-6H2,(H,26,29)(H,27,28). The van der Waals surface area contributed by atoms with E-state index < -0.39 is 5.82 Å². The van der Waals surface area contributed by atoms with Gasteiger partial charge in [-0.2, -0.15) is 0 Å². The number of aromatic nitrogens is 2. The molecular formula is C22H14Cl2FN3O3. The molecule has 0 bridgehead atoms. The number of H-pyrrole nitrogens is 1. The third-order valence-electron chi connectivity index (χ3n) is 4.81. The first kappa shape index (κ1) is 19.7. The van der Waals surface area contributed by atoms with Gasteiger partial charge in [0.05, 0.1) is 21.1 Å². The molecule has 2 heterocycles. The van der Waals surface area contributed by atoms with Crippen LogP contribution in [0.15, 0.2) is 48.5 Å². The number of amides is 1. The first-order valence-electron chi connectivity index (χ1n) is 9.33. The van der Waals surface area contributed by atoms with Crippen LogP contribution in [0.4, 0.5) is 10.1 Å². The Balaban J connectivity index is 1.44. The highest BCUT2D eigenvalue weighted by Crippen LogP contribution is 2.33. The van der Waals surface area contributed by atoms with Crippen LogP contribution in [0.25, 0.3) is 22.4 Å². The molecule has 1 aliphatic heterocycles. The fraction of sp³-hybridized carbons (Fsp3) is 0.0909. The van der Waals surface area contributed by atoms with Crippen molar-refractivity contribution in [2.45, 2.75) is 0 Å². The van der Waals surface area contributed by atoms with Crippen LogP contribution in [-0.2, 0) is 0 Å². The summed E-state index contributed by atoms with van der Waals surface area (Å²) in [4.78, 5) is 20.2. The van der Waals surface area contributed by atoms with Gasteiger partial charge in [-0.05, 0) is 42.5 Å². The maximum atomic E-state index is 13.7. The van der Waals surface area contributed by atoms with E-state index in [0.29, 0.717) is 63.4 Å². The van der Waals surface area contributed by atoms with Gasteiger partial charge < -0.3 is 19.8 Å². The van der Waals surface area contributed by atoms with Crippen LogP contribution in [0.3, 0.4) is 0 Å². The van der Waals surface area contributed by atoms with Gasteiger partial charge in [-0.3, -0.25) is 4.79 Å². The van der Waals surface area contributed by atoms with Gasteiger partial charge in [0.25, 0.3) is 5.91 Å². The number of rotatable bonds is 3. The number of halogens is 3. The van der Waals surface area contributed by atoms with Gasteiger partial charge in [0.1, 0.15) is 24.9 Å². The van der Waals surface area contributed by atoms with E-state index in [1.165, 1.54) is 12.1 Å². The minimum Gasteiger partial charge on any atom is -0.486 e. The predicted octanol–water partition coefficient (Wildman–Crippen LogP) is 5.70. The summed E-state index contributed by atoms with van der Waals surface area (Å²) in [6.07, 6.45) is 0. The average molecular weight is 458 g/mol. The molecule has 1 aliphatic rings. The van der Waals surface area contributed by atoms with Crippen molar-refractivity contribution in [3.8, 4) is 22.9 Å². The number of benzene rings is 3. The Bertz CT molecular complexity index is 1300. The molecule has 1 amide bonds. The second kappa shape index (κ2) is 7.76. The summed E-state index contributed by atoms with van der Waals surface area (Å²) < 4.78 is 24.7. The Hall–Kier alpha value is -3.29. The summed E-state index contributed by atoms with van der Waals surface area (Å²) >= 11 is 12.2. The lowest BCUT2D eigenvalue weighted by atomic mass is 10.1. The summed E-state index contributed by atoms with van der Waals surface area (Å²) in [6, 6.07) is 12.7. The van der Waals surface area contributed by atoms with Gasteiger partial charge in [0.15, 0.2) is 11.5 Å². The molecule has 0 spiro atoms. The highest BCUT2D eigenvalue weighted by Gasteiger charge is 2.17. The molecule has 6 nitrogen and oxygen atoms in total. The number of hydrogen-bond donors (Lipinski definition) is 2. The van der Waals surface area contributed by atoms with E-state index in [0.717, 1.165) is 0 Å². The zero-order valence-corrected chi connectivity index (χ0v) is 17.4. The molecule has 1 aromatic heterocycles. The van der Waals surface area contributed by atoms with Crippen LogP contribution in [-0.4, -0.2) is 29.1 Å². The Morgan fingerprint density at radius 1 is 1.00 bits per heavy atom. The van der Waals surface area contributed by atoms with Crippen molar-refractivity contribution < 1.29 is 18.7 Å². The molecule has 5 rings (SSSR count). The first-order valence-corrected chi connectivity index (χ1v) is 10.1. The number of nitrogens with one attached hydrogen (secondary N) is 2. The van der Waals surface area contributed by atoms with E-state index >= 15 is 0 Å². The molecule has 0 radical (unpaired) electrons. The number of anilines is 1. The fourth-order valence-corrected chi connectivity index (χ4v) is 3.68. The number of carbonyl (C=O) groups is 1. The maximum absolute atomic E-state index is 13.7. The van der Waals surface area contributed by atoms with E-state index in [1.54, 1.807) is 36.4 Å². The number of carbonyl (C=O) groups excluding carboxylic acids is 1. The summed E-state index contributed by atoms with van der Waals surface area (Å²) in [6.45, 7) is 0.915. The molecule has 156 valence electrons. The van der Waals surface area contributed by atoms with Crippen molar-refractivity contribution in [1.29, 1.82) is 0 Å². The largest absolute Gasteiger partial charge is 0.486 e. The summed E-state index contributed by atoms with van der Waals surface area (Å²) in [7, 11) is 0. The van der Waals surface area contributed by atoms with Crippen molar-refractivity contribution in [1.82, 2.24) is 9.97 Å². The summed E-state index contributed by atoms with van der Waals surface area (Å²) in [5.74, 6) is 0.696. The normalized spacial score (nSPS) is 12.7. The highest BCUT2D eigenvalue weighted by atomic mass is 35.5.